The van der Waals surface area contributed by atoms with Gasteiger partial charge in [0.25, 0.3) is 0 Å². The Kier molecular flexibility index (Phi) is 8.44. The average molecular weight is 599 g/mol. The molecule has 0 saturated heterocycles. The zero-order valence-electron chi connectivity index (χ0n) is 22.9. The minimum absolute atomic E-state index is 0.302. The average Bonchev–Trinajstić information content (AvgIpc) is 3.36. The Balaban J connectivity index is 1.69. The molecule has 0 aliphatic rings. The Labute approximate surface area is 233 Å². The van der Waals surface area contributed by atoms with Gasteiger partial charge in [-0.15, -0.1) is 0 Å². The lowest BCUT2D eigenvalue weighted by atomic mass is 10.1. The van der Waals surface area contributed by atoms with E-state index < -0.39 is 19.8 Å². The van der Waals surface area contributed by atoms with Crippen LogP contribution in [-0.2, 0) is 22.6 Å². The molecule has 3 aromatic heterocycles. The van der Waals surface area contributed by atoms with E-state index in [0.717, 1.165) is 33.8 Å². The Bertz CT molecular complexity index is 1400. The number of nitrogens with zero attached hydrogens (tertiary/aromatic N) is 3. The molecule has 10 heteroatoms. The standard InChI is InChI=1S/C28H36BrN5O3Si/c1-28(2,3)37-27(35)33-26-31-21-12-13-30-24(23(21)32-26)22-17-20(16-19-10-8-7-9-11-19)25(29)34(22)18-36-14-15-38(4,5)6/h7-13,17H,14-16,18H2,1-6H3,(H2,31,32,33,35). The molecule has 38 heavy (non-hydrogen) atoms. The monoisotopic (exact) mass is 597 g/mol. The molecule has 1 aromatic carbocycles. The van der Waals surface area contributed by atoms with Gasteiger partial charge in [0.2, 0.25) is 5.95 Å². The molecule has 0 aliphatic heterocycles. The number of pyridine rings is 1. The van der Waals surface area contributed by atoms with Crippen molar-refractivity contribution < 1.29 is 14.3 Å². The van der Waals surface area contributed by atoms with Crippen LogP contribution >= 0.6 is 15.9 Å². The number of H-pyrrole nitrogens is 1. The lowest BCUT2D eigenvalue weighted by Gasteiger charge is -2.18. The van der Waals surface area contributed by atoms with Gasteiger partial charge in [0, 0.05) is 27.3 Å². The van der Waals surface area contributed by atoms with E-state index in [1.807, 2.05) is 45.0 Å². The van der Waals surface area contributed by atoms with Gasteiger partial charge in [-0.3, -0.25) is 10.3 Å². The van der Waals surface area contributed by atoms with Crippen molar-refractivity contribution in [2.24, 2.45) is 0 Å². The Hall–Kier alpha value is -2.95. The molecule has 3 heterocycles. The largest absolute Gasteiger partial charge is 0.444 e. The first-order chi connectivity index (χ1) is 17.9. The van der Waals surface area contributed by atoms with E-state index in [-0.39, 0.29) is 0 Å². The number of aromatic amines is 1. The van der Waals surface area contributed by atoms with E-state index in [4.69, 9.17) is 14.5 Å². The van der Waals surface area contributed by atoms with E-state index in [9.17, 15) is 4.79 Å². The maximum atomic E-state index is 12.3. The second-order valence-corrected chi connectivity index (χ2v) is 17.9. The highest BCUT2D eigenvalue weighted by atomic mass is 79.9. The van der Waals surface area contributed by atoms with Gasteiger partial charge in [-0.1, -0.05) is 50.0 Å². The molecule has 0 aliphatic carbocycles. The molecule has 0 unspecified atom stereocenters. The second kappa shape index (κ2) is 11.4. The maximum Gasteiger partial charge on any atom is 0.414 e. The number of hydrogen-bond donors (Lipinski definition) is 2. The molecule has 0 fully saturated rings. The first-order valence-electron chi connectivity index (χ1n) is 12.7. The predicted molar refractivity (Wildman–Crippen MR) is 158 cm³/mol. The van der Waals surface area contributed by atoms with Gasteiger partial charge in [-0.05, 0) is 66.0 Å². The third-order valence-electron chi connectivity index (χ3n) is 5.82. The number of amides is 1. The van der Waals surface area contributed by atoms with E-state index >= 15 is 0 Å². The summed E-state index contributed by atoms with van der Waals surface area (Å²) in [5.41, 5.74) is 4.72. The normalized spacial score (nSPS) is 12.2. The molecule has 202 valence electrons. The van der Waals surface area contributed by atoms with Crippen LogP contribution in [0.2, 0.25) is 25.7 Å². The summed E-state index contributed by atoms with van der Waals surface area (Å²) in [6, 6.07) is 15.4. The van der Waals surface area contributed by atoms with Gasteiger partial charge in [0.1, 0.15) is 23.5 Å². The zero-order valence-corrected chi connectivity index (χ0v) is 25.5. The fourth-order valence-corrected chi connectivity index (χ4v) is 5.26. The summed E-state index contributed by atoms with van der Waals surface area (Å²) in [6.07, 6.45) is 1.93. The van der Waals surface area contributed by atoms with Gasteiger partial charge in [0.05, 0.1) is 15.8 Å². The molecule has 0 saturated carbocycles. The Morgan fingerprint density at radius 1 is 1.16 bits per heavy atom. The number of benzene rings is 1. The molecule has 1 amide bonds. The maximum absolute atomic E-state index is 12.3. The molecule has 4 aromatic rings. The summed E-state index contributed by atoms with van der Waals surface area (Å²) in [5, 5.41) is 2.69. The minimum atomic E-state index is -1.21. The number of fused-ring (bicyclic) bond motifs is 1. The van der Waals surface area contributed by atoms with Crippen LogP contribution < -0.4 is 5.32 Å². The van der Waals surface area contributed by atoms with E-state index in [1.54, 1.807) is 6.20 Å². The van der Waals surface area contributed by atoms with Crippen LogP contribution in [-0.4, -0.2) is 45.9 Å². The first kappa shape index (κ1) is 28.1. The number of ether oxygens (including phenoxy) is 2. The Morgan fingerprint density at radius 2 is 1.89 bits per heavy atom. The molecular formula is C28H36BrN5O3Si. The highest BCUT2D eigenvalue weighted by Crippen LogP contribution is 2.34. The van der Waals surface area contributed by atoms with Crippen LogP contribution in [0.3, 0.4) is 0 Å². The lowest BCUT2D eigenvalue weighted by molar-refractivity contribution is 0.0635. The summed E-state index contributed by atoms with van der Waals surface area (Å²) in [7, 11) is -1.21. The number of hydrogen-bond acceptors (Lipinski definition) is 5. The van der Waals surface area contributed by atoms with E-state index in [0.29, 0.717) is 30.5 Å². The van der Waals surface area contributed by atoms with Crippen molar-refractivity contribution in [3.05, 3.63) is 64.4 Å². The van der Waals surface area contributed by atoms with Gasteiger partial charge in [-0.2, -0.15) is 0 Å². The predicted octanol–water partition coefficient (Wildman–Crippen LogP) is 7.44. The van der Waals surface area contributed by atoms with Crippen molar-refractivity contribution in [3.63, 3.8) is 0 Å². The number of carbonyl (C=O) groups is 1. The summed E-state index contributed by atoms with van der Waals surface area (Å²) in [5.74, 6) is 0.302. The number of carbonyl (C=O) groups excluding carboxylic acids is 1. The molecule has 0 radical (unpaired) electrons. The van der Waals surface area contributed by atoms with Gasteiger partial charge in [-0.25, -0.2) is 9.78 Å². The number of imidazole rings is 1. The Morgan fingerprint density at radius 3 is 2.58 bits per heavy atom. The van der Waals surface area contributed by atoms with Crippen molar-refractivity contribution in [2.45, 2.75) is 65.2 Å². The quantitative estimate of drug-likeness (QED) is 0.154. The van der Waals surface area contributed by atoms with E-state index in [1.165, 1.54) is 5.56 Å². The molecule has 2 N–H and O–H groups in total. The SMILES string of the molecule is CC(C)(C)OC(=O)Nc1nc2c(-c3cc(Cc4ccccc4)c(Br)n3COCC[Si](C)(C)C)nccc2[nH]1. The topological polar surface area (TPSA) is 94.1 Å². The minimum Gasteiger partial charge on any atom is -0.444 e. The molecular weight excluding hydrogens is 562 g/mol. The molecule has 0 spiro atoms. The van der Waals surface area contributed by atoms with Crippen molar-refractivity contribution in [2.75, 3.05) is 11.9 Å². The number of halogens is 1. The third-order valence-corrected chi connectivity index (χ3v) is 8.46. The van der Waals surface area contributed by atoms with Gasteiger partial charge >= 0.3 is 6.09 Å². The number of nitrogens with one attached hydrogen (secondary N) is 2. The molecule has 0 atom stereocenters. The van der Waals surface area contributed by atoms with Crippen LogP contribution in [0.15, 0.2) is 53.3 Å². The van der Waals surface area contributed by atoms with Crippen LogP contribution in [0, 0.1) is 0 Å². The van der Waals surface area contributed by atoms with Gasteiger partial charge < -0.3 is 19.0 Å². The van der Waals surface area contributed by atoms with Crippen molar-refractivity contribution in [1.82, 2.24) is 19.5 Å². The number of anilines is 1. The molecule has 8 nitrogen and oxygen atoms in total. The van der Waals surface area contributed by atoms with Crippen molar-refractivity contribution in [3.8, 4) is 11.4 Å². The zero-order chi connectivity index (χ0) is 27.5. The second-order valence-electron chi connectivity index (χ2n) is 11.6. The van der Waals surface area contributed by atoms with Crippen LogP contribution in [0.25, 0.3) is 22.4 Å². The smallest absolute Gasteiger partial charge is 0.414 e. The highest BCUT2D eigenvalue weighted by Gasteiger charge is 2.22. The number of aromatic nitrogens is 4. The van der Waals surface area contributed by atoms with Gasteiger partial charge in [0.15, 0.2) is 0 Å². The summed E-state index contributed by atoms with van der Waals surface area (Å²) >= 11 is 3.84. The summed E-state index contributed by atoms with van der Waals surface area (Å²) in [6.45, 7) is 13.6. The molecule has 0 bridgehead atoms. The fraction of sp³-hybridized carbons (Fsp3) is 0.393. The summed E-state index contributed by atoms with van der Waals surface area (Å²) < 4.78 is 14.6. The lowest BCUT2D eigenvalue weighted by Crippen LogP contribution is -2.27. The van der Waals surface area contributed by atoms with E-state index in [2.05, 4.69) is 73.6 Å². The van der Waals surface area contributed by atoms with Crippen molar-refractivity contribution >= 4 is 47.1 Å². The summed E-state index contributed by atoms with van der Waals surface area (Å²) in [4.78, 5) is 24.8. The molecule has 4 rings (SSSR count). The van der Waals surface area contributed by atoms with Crippen LogP contribution in [0.5, 0.6) is 0 Å². The highest BCUT2D eigenvalue weighted by molar-refractivity contribution is 9.10. The van der Waals surface area contributed by atoms with Crippen molar-refractivity contribution in [1.29, 1.82) is 0 Å². The first-order valence-corrected chi connectivity index (χ1v) is 17.2. The fourth-order valence-electron chi connectivity index (χ4n) is 3.96. The number of rotatable bonds is 9. The van der Waals surface area contributed by atoms with Crippen LogP contribution in [0.1, 0.15) is 31.9 Å². The van der Waals surface area contributed by atoms with Crippen LogP contribution in [0.4, 0.5) is 10.7 Å². The third kappa shape index (κ3) is 7.33.